The SMILES string of the molecule is C.N.N#N.O.O=O. The Labute approximate surface area is 41.1 Å². The van der Waals surface area contributed by atoms with Crippen molar-refractivity contribution in [1.82, 2.24) is 6.15 Å². The first-order valence-corrected chi connectivity index (χ1v) is 0.367. The van der Waals surface area contributed by atoms with Crippen LogP contribution in [-0.2, 0) is 0 Å². The van der Waals surface area contributed by atoms with Crippen LogP contribution in [-0.4, -0.2) is 5.48 Å². The summed E-state index contributed by atoms with van der Waals surface area (Å²) in [5, 5.41) is 12.0. The van der Waals surface area contributed by atoms with E-state index in [1.54, 1.807) is 0 Å². The Morgan fingerprint density at radius 1 is 1.00 bits per heavy atom. The van der Waals surface area contributed by atoms with Gasteiger partial charge in [0.1, 0.15) is 0 Å². The average molecular weight is 111 g/mol. The van der Waals surface area contributed by atoms with Crippen LogP contribution >= 0.6 is 0 Å². The molecule has 5 N–H and O–H groups in total. The summed E-state index contributed by atoms with van der Waals surface area (Å²) < 4.78 is 0. The zero-order valence-electron chi connectivity index (χ0n) is 2.92. The smallest absolute Gasteiger partial charge is 0 e. The van der Waals surface area contributed by atoms with Crippen molar-refractivity contribution in [3.8, 4) is 0 Å². The van der Waals surface area contributed by atoms with E-state index < -0.39 is 0 Å². The molecule has 6 heteroatoms. The van der Waals surface area contributed by atoms with Crippen molar-refractivity contribution in [3.63, 3.8) is 0 Å². The second kappa shape index (κ2) is 68.3. The molecule has 0 spiro atoms. The highest BCUT2D eigenvalue weighted by atomic mass is 16.7. The molecule has 0 aromatic heterocycles. The largest absolute Gasteiger partial charge is 0.412 e. The van der Waals surface area contributed by atoms with Gasteiger partial charge in [0, 0.05) is 20.7 Å². The van der Waals surface area contributed by atoms with E-state index in [0.29, 0.717) is 0 Å². The Bertz CT molecular complexity index is 21.4. The molecule has 0 saturated carbocycles. The monoisotopic (exact) mass is 111 g/mol. The minimum atomic E-state index is 0. The second-order valence-electron chi connectivity index (χ2n) is 0. The van der Waals surface area contributed by atoms with Crippen LogP contribution < -0.4 is 6.15 Å². The van der Waals surface area contributed by atoms with Gasteiger partial charge in [0.15, 0.2) is 0 Å². The first kappa shape index (κ1) is 164. The molecule has 7 heavy (non-hydrogen) atoms. The summed E-state index contributed by atoms with van der Waals surface area (Å²) in [7, 11) is 0. The van der Waals surface area contributed by atoms with Gasteiger partial charge >= 0.3 is 0 Å². The maximum Gasteiger partial charge on any atom is 0 e. The third-order valence-electron chi connectivity index (χ3n) is 0. The van der Waals surface area contributed by atoms with Crippen LogP contribution in [0.3, 0.4) is 0 Å². The van der Waals surface area contributed by atoms with Crippen LogP contribution in [0.15, 0.2) is 0 Å². The molecule has 0 atom stereocenters. The van der Waals surface area contributed by atoms with Gasteiger partial charge in [-0.3, -0.25) is 0 Å². The van der Waals surface area contributed by atoms with Crippen LogP contribution in [0.2, 0.25) is 0 Å². The van der Waals surface area contributed by atoms with E-state index in [9.17, 15) is 0 Å². The van der Waals surface area contributed by atoms with Crippen LogP contribution in [0.5, 0.6) is 0 Å². The molecule has 0 bridgehead atoms. The molecule has 0 saturated heterocycles. The maximum absolute atomic E-state index is 7.00. The molecule has 0 heterocycles. The van der Waals surface area contributed by atoms with Crippen molar-refractivity contribution >= 4 is 0 Å². The molecule has 0 aliphatic rings. The summed E-state index contributed by atoms with van der Waals surface area (Å²) >= 11 is 0. The molecule has 0 radical (unpaired) electrons. The molecule has 46 valence electrons. The normalized spacial score (nSPS) is 0.857. The molecule has 0 aliphatic heterocycles. The Morgan fingerprint density at radius 3 is 1.00 bits per heavy atom. The molecule has 0 fully saturated rings. The lowest BCUT2D eigenvalue weighted by Gasteiger charge is -0.707. The number of rotatable bonds is 0. The summed E-state index contributed by atoms with van der Waals surface area (Å²) in [6, 6.07) is 0. The fourth-order valence-electron chi connectivity index (χ4n) is 0. The predicted molar refractivity (Wildman–Crippen MR) is 25.6 cm³/mol. The number of hydrogen-bond donors (Lipinski definition) is 1. The number of nitrogens with zero attached hydrogens (tertiary/aromatic N) is 2. The molecule has 0 unspecified atom stereocenters. The van der Waals surface area contributed by atoms with E-state index >= 15 is 0 Å². The van der Waals surface area contributed by atoms with Crippen LogP contribution in [0.4, 0.5) is 0 Å². The van der Waals surface area contributed by atoms with E-state index in [-0.39, 0.29) is 19.1 Å². The Morgan fingerprint density at radius 2 is 1.00 bits per heavy atom. The quantitative estimate of drug-likeness (QED) is 0.439. The predicted octanol–water partition coefficient (Wildman–Crippen LogP) is 0.0706. The van der Waals surface area contributed by atoms with Gasteiger partial charge in [0.2, 0.25) is 0 Å². The fourth-order valence-corrected chi connectivity index (χ4v) is 0. The lowest BCUT2D eigenvalue weighted by atomic mass is 12.0. The first-order chi connectivity index (χ1) is 2.00. The van der Waals surface area contributed by atoms with Crippen LogP contribution in [0.1, 0.15) is 7.43 Å². The molecule has 0 aliphatic carbocycles. The Kier molecular flexibility index (Phi) is 1600. The van der Waals surface area contributed by atoms with Crippen molar-refractivity contribution in [2.24, 2.45) is 0 Å². The van der Waals surface area contributed by atoms with Gasteiger partial charge in [0.05, 0.1) is 0 Å². The van der Waals surface area contributed by atoms with Gasteiger partial charge in [-0.25, -0.2) is 0 Å². The standard InChI is InChI=1S/CH4.N2.H3N.O2.H2O/c;1-2;;1-2;/h1H4;;1H3;;1H2. The van der Waals surface area contributed by atoms with Crippen molar-refractivity contribution in [1.29, 1.82) is 10.8 Å². The Balaban J connectivity index is -0.00000000267. The van der Waals surface area contributed by atoms with Gasteiger partial charge in [-0.2, -0.15) is 0 Å². The summed E-state index contributed by atoms with van der Waals surface area (Å²) in [4.78, 5) is 14.0. The summed E-state index contributed by atoms with van der Waals surface area (Å²) in [6.07, 6.45) is 0. The van der Waals surface area contributed by atoms with E-state index in [0.717, 1.165) is 0 Å². The highest BCUT2D eigenvalue weighted by molar-refractivity contribution is 4.07. The van der Waals surface area contributed by atoms with E-state index in [2.05, 4.69) is 0 Å². The zero-order chi connectivity index (χ0) is 4.00. The average Bonchev–Trinajstić information content (AvgIpc) is 1.50. The third kappa shape index (κ3) is 38.0. The lowest BCUT2D eigenvalue weighted by Crippen LogP contribution is -0.674. The molecule has 6 nitrogen and oxygen atoms in total. The van der Waals surface area contributed by atoms with Gasteiger partial charge in [-0.1, -0.05) is 7.43 Å². The van der Waals surface area contributed by atoms with Crippen molar-refractivity contribution < 1.29 is 5.48 Å². The van der Waals surface area contributed by atoms with Crippen LogP contribution in [0.25, 0.3) is 0 Å². The highest BCUT2D eigenvalue weighted by Crippen LogP contribution is 0.741. The third-order valence-corrected chi connectivity index (χ3v) is 0. The minimum Gasteiger partial charge on any atom is -0.412 e. The lowest BCUT2D eigenvalue weighted by molar-refractivity contribution is 0.824. The van der Waals surface area contributed by atoms with Crippen molar-refractivity contribution in [2.75, 3.05) is 0 Å². The van der Waals surface area contributed by atoms with E-state index in [1.807, 2.05) is 0 Å². The molecular weight excluding hydrogens is 102 g/mol. The maximum atomic E-state index is 7.00. The van der Waals surface area contributed by atoms with Crippen molar-refractivity contribution in [2.45, 2.75) is 7.43 Å². The molecule has 0 amide bonds. The van der Waals surface area contributed by atoms with Crippen molar-refractivity contribution in [3.05, 3.63) is 9.93 Å². The zero-order valence-corrected chi connectivity index (χ0v) is 2.92. The Hall–Kier alpha value is -1.06. The van der Waals surface area contributed by atoms with E-state index in [1.165, 1.54) is 0 Å². The molecule has 0 aromatic rings. The van der Waals surface area contributed by atoms with Crippen LogP contribution in [0, 0.1) is 20.7 Å². The fraction of sp³-hybridized carbons (Fsp3) is 1.00. The summed E-state index contributed by atoms with van der Waals surface area (Å²) in [5.41, 5.74) is 0. The van der Waals surface area contributed by atoms with Gasteiger partial charge < -0.3 is 11.6 Å². The van der Waals surface area contributed by atoms with Gasteiger partial charge in [-0.05, 0) is 0 Å². The topological polar surface area (TPSA) is 148 Å². The highest BCUT2D eigenvalue weighted by Gasteiger charge is 0.707. The molecule has 0 rings (SSSR count). The summed E-state index contributed by atoms with van der Waals surface area (Å²) in [6.45, 7) is 0. The molecule has 0 aromatic carbocycles. The summed E-state index contributed by atoms with van der Waals surface area (Å²) in [5.74, 6) is 0. The van der Waals surface area contributed by atoms with Gasteiger partial charge in [0.25, 0.3) is 0 Å². The molecular formula is CH9N3O3. The second-order valence-corrected chi connectivity index (χ2v) is 0. The number of hydrogen-bond acceptors (Lipinski definition) is 5. The first-order valence-electron chi connectivity index (χ1n) is 0.367. The minimum absolute atomic E-state index is 0. The van der Waals surface area contributed by atoms with E-state index in [4.69, 9.17) is 20.7 Å². The van der Waals surface area contributed by atoms with Gasteiger partial charge in [-0.15, -0.1) is 0 Å².